The van der Waals surface area contributed by atoms with E-state index in [1.54, 1.807) is 0 Å². The molecule has 0 aliphatic heterocycles. The fourth-order valence-corrected chi connectivity index (χ4v) is 1.71. The number of rotatable bonds is 5. The molecule has 0 amide bonds. The van der Waals surface area contributed by atoms with Crippen molar-refractivity contribution in [3.8, 4) is 0 Å². The number of carbonyl (C=O) groups excluding carboxylic acids is 2. The molecule has 1 rings (SSSR count). The van der Waals surface area contributed by atoms with E-state index in [0.717, 1.165) is 37.8 Å². The standard InChI is InChI=1S/C13H18O4/c1-2-10-16-12(14)8-9-13(15)17-11-6-4-3-5-7-11/h2,8-9,11H,1,3-7,10H2/b9-8-. The minimum atomic E-state index is -0.564. The molecule has 0 unspecified atom stereocenters. The molecular weight excluding hydrogens is 220 g/mol. The zero-order valence-electron chi connectivity index (χ0n) is 9.89. The van der Waals surface area contributed by atoms with Crippen LogP contribution in [0, 0.1) is 0 Å². The number of carbonyl (C=O) groups is 2. The molecule has 1 aliphatic carbocycles. The molecule has 0 aromatic rings. The molecular formula is C13H18O4. The Balaban J connectivity index is 2.25. The smallest absolute Gasteiger partial charge is 0.331 e. The first-order chi connectivity index (χ1) is 8.22. The zero-order valence-corrected chi connectivity index (χ0v) is 9.89. The second kappa shape index (κ2) is 7.65. The lowest BCUT2D eigenvalue weighted by Gasteiger charge is -2.20. The predicted molar refractivity (Wildman–Crippen MR) is 63.3 cm³/mol. The van der Waals surface area contributed by atoms with Gasteiger partial charge in [-0.3, -0.25) is 0 Å². The highest BCUT2D eigenvalue weighted by atomic mass is 16.5. The van der Waals surface area contributed by atoms with Crippen molar-refractivity contribution in [1.29, 1.82) is 0 Å². The Bertz CT molecular complexity index is 301. The number of esters is 2. The maximum Gasteiger partial charge on any atom is 0.331 e. The van der Waals surface area contributed by atoms with Crippen LogP contribution in [-0.4, -0.2) is 24.6 Å². The van der Waals surface area contributed by atoms with E-state index in [0.29, 0.717) is 0 Å². The summed E-state index contributed by atoms with van der Waals surface area (Å²) in [5.41, 5.74) is 0. The third-order valence-electron chi connectivity index (χ3n) is 2.53. The molecule has 4 nitrogen and oxygen atoms in total. The van der Waals surface area contributed by atoms with Gasteiger partial charge in [-0.25, -0.2) is 9.59 Å². The highest BCUT2D eigenvalue weighted by molar-refractivity contribution is 5.91. The van der Waals surface area contributed by atoms with Gasteiger partial charge in [0.25, 0.3) is 0 Å². The SMILES string of the molecule is C=CCOC(=O)/C=C\C(=O)OC1CCCCC1. The van der Waals surface area contributed by atoms with Gasteiger partial charge in [0.1, 0.15) is 12.7 Å². The van der Waals surface area contributed by atoms with Gasteiger partial charge in [0.2, 0.25) is 0 Å². The quantitative estimate of drug-likeness (QED) is 0.418. The second-order valence-electron chi connectivity index (χ2n) is 3.95. The van der Waals surface area contributed by atoms with Crippen LogP contribution in [-0.2, 0) is 19.1 Å². The molecule has 17 heavy (non-hydrogen) atoms. The fourth-order valence-electron chi connectivity index (χ4n) is 1.71. The van der Waals surface area contributed by atoms with Crippen molar-refractivity contribution >= 4 is 11.9 Å². The van der Waals surface area contributed by atoms with Crippen molar-refractivity contribution in [2.75, 3.05) is 6.61 Å². The summed E-state index contributed by atoms with van der Waals surface area (Å²) in [4.78, 5) is 22.4. The van der Waals surface area contributed by atoms with Gasteiger partial charge < -0.3 is 9.47 Å². The van der Waals surface area contributed by atoms with Crippen LogP contribution in [0.3, 0.4) is 0 Å². The van der Waals surface area contributed by atoms with Crippen LogP contribution < -0.4 is 0 Å². The molecule has 0 aromatic heterocycles. The van der Waals surface area contributed by atoms with E-state index in [1.807, 2.05) is 0 Å². The van der Waals surface area contributed by atoms with E-state index in [2.05, 4.69) is 11.3 Å². The number of hydrogen-bond acceptors (Lipinski definition) is 4. The van der Waals surface area contributed by atoms with Gasteiger partial charge in [-0.2, -0.15) is 0 Å². The van der Waals surface area contributed by atoms with Gasteiger partial charge >= 0.3 is 11.9 Å². The maximum atomic E-state index is 11.4. The monoisotopic (exact) mass is 238 g/mol. The van der Waals surface area contributed by atoms with Crippen molar-refractivity contribution in [1.82, 2.24) is 0 Å². The molecule has 0 heterocycles. The molecule has 1 fully saturated rings. The van der Waals surface area contributed by atoms with E-state index < -0.39 is 11.9 Å². The third-order valence-corrected chi connectivity index (χ3v) is 2.53. The Kier molecular flexibility index (Phi) is 6.07. The van der Waals surface area contributed by atoms with Crippen LogP contribution in [0.5, 0.6) is 0 Å². The summed E-state index contributed by atoms with van der Waals surface area (Å²) < 4.78 is 9.87. The van der Waals surface area contributed by atoms with Gasteiger partial charge in [-0.15, -0.1) is 0 Å². The number of ether oxygens (including phenoxy) is 2. The molecule has 0 atom stereocenters. The summed E-state index contributed by atoms with van der Waals surface area (Å²) in [7, 11) is 0. The van der Waals surface area contributed by atoms with Crippen molar-refractivity contribution in [2.45, 2.75) is 38.2 Å². The van der Waals surface area contributed by atoms with E-state index in [-0.39, 0.29) is 12.7 Å². The fraction of sp³-hybridized carbons (Fsp3) is 0.538. The van der Waals surface area contributed by atoms with Gasteiger partial charge in [-0.1, -0.05) is 19.1 Å². The summed E-state index contributed by atoms with van der Waals surface area (Å²) in [5.74, 6) is -1.04. The first-order valence-electron chi connectivity index (χ1n) is 5.88. The summed E-state index contributed by atoms with van der Waals surface area (Å²) in [6, 6.07) is 0. The largest absolute Gasteiger partial charge is 0.459 e. The minimum absolute atomic E-state index is 0.00472. The van der Waals surface area contributed by atoms with Crippen LogP contribution in [0.15, 0.2) is 24.8 Å². The van der Waals surface area contributed by atoms with E-state index in [1.165, 1.54) is 12.5 Å². The summed E-state index contributed by atoms with van der Waals surface area (Å²) in [5, 5.41) is 0. The summed E-state index contributed by atoms with van der Waals surface area (Å²) in [6.07, 6.45) is 8.90. The van der Waals surface area contributed by atoms with Gasteiger partial charge in [-0.05, 0) is 25.7 Å². The van der Waals surface area contributed by atoms with E-state index in [4.69, 9.17) is 4.74 Å². The molecule has 1 saturated carbocycles. The highest BCUT2D eigenvalue weighted by Gasteiger charge is 2.16. The van der Waals surface area contributed by atoms with Crippen LogP contribution in [0.1, 0.15) is 32.1 Å². The highest BCUT2D eigenvalue weighted by Crippen LogP contribution is 2.20. The minimum Gasteiger partial charge on any atom is -0.459 e. The number of hydrogen-bond donors (Lipinski definition) is 0. The zero-order chi connectivity index (χ0) is 12.5. The maximum absolute atomic E-state index is 11.4. The Morgan fingerprint density at radius 2 is 1.76 bits per heavy atom. The van der Waals surface area contributed by atoms with Gasteiger partial charge in [0.05, 0.1) is 0 Å². The van der Waals surface area contributed by atoms with Crippen molar-refractivity contribution < 1.29 is 19.1 Å². The molecule has 0 bridgehead atoms. The molecule has 1 aliphatic rings. The summed E-state index contributed by atoms with van der Waals surface area (Å²) >= 11 is 0. The van der Waals surface area contributed by atoms with Gasteiger partial charge in [0, 0.05) is 12.2 Å². The molecule has 94 valence electrons. The molecule has 0 N–H and O–H groups in total. The Hall–Kier alpha value is -1.58. The second-order valence-corrected chi connectivity index (χ2v) is 3.95. The van der Waals surface area contributed by atoms with E-state index >= 15 is 0 Å². The van der Waals surface area contributed by atoms with Gasteiger partial charge in [0.15, 0.2) is 0 Å². The molecule has 4 heteroatoms. The van der Waals surface area contributed by atoms with Crippen molar-refractivity contribution in [3.05, 3.63) is 24.8 Å². The predicted octanol–water partition coefficient (Wildman–Crippen LogP) is 2.15. The lowest BCUT2D eigenvalue weighted by Crippen LogP contribution is -2.19. The average Bonchev–Trinajstić information content (AvgIpc) is 2.35. The lowest BCUT2D eigenvalue weighted by molar-refractivity contribution is -0.145. The Morgan fingerprint density at radius 1 is 1.12 bits per heavy atom. The van der Waals surface area contributed by atoms with Crippen LogP contribution in [0.2, 0.25) is 0 Å². The Labute approximate surface area is 101 Å². The van der Waals surface area contributed by atoms with Crippen LogP contribution in [0.4, 0.5) is 0 Å². The first kappa shape index (κ1) is 13.5. The van der Waals surface area contributed by atoms with Crippen LogP contribution >= 0.6 is 0 Å². The molecule has 0 radical (unpaired) electrons. The van der Waals surface area contributed by atoms with Crippen LogP contribution in [0.25, 0.3) is 0 Å². The normalized spacial score (nSPS) is 16.7. The Morgan fingerprint density at radius 3 is 2.41 bits per heavy atom. The summed E-state index contributed by atoms with van der Waals surface area (Å²) in [6.45, 7) is 3.55. The van der Waals surface area contributed by atoms with Crippen molar-refractivity contribution in [2.24, 2.45) is 0 Å². The first-order valence-corrected chi connectivity index (χ1v) is 5.88. The third kappa shape index (κ3) is 5.90. The molecule has 0 spiro atoms. The average molecular weight is 238 g/mol. The topological polar surface area (TPSA) is 52.6 Å². The molecule has 0 saturated heterocycles. The van der Waals surface area contributed by atoms with Crippen molar-refractivity contribution in [3.63, 3.8) is 0 Å². The lowest BCUT2D eigenvalue weighted by atomic mass is 9.98. The van der Waals surface area contributed by atoms with E-state index in [9.17, 15) is 9.59 Å². The molecule has 0 aromatic carbocycles.